The molecule has 3 unspecified atom stereocenters. The Hall–Kier alpha value is -1.00. The Bertz CT molecular complexity index is 467. The predicted octanol–water partition coefficient (Wildman–Crippen LogP) is 2.96. The molecule has 1 aromatic rings. The quantitative estimate of drug-likeness (QED) is 0.822. The van der Waals surface area contributed by atoms with Crippen molar-refractivity contribution in [3.8, 4) is 0 Å². The van der Waals surface area contributed by atoms with Crippen LogP contribution in [-0.2, 0) is 4.79 Å². The number of fused-ring (bicyclic) bond motifs is 2. The molecule has 0 spiro atoms. The molecule has 3 atom stereocenters. The number of amides is 1. The second-order valence-corrected chi connectivity index (χ2v) is 7.42. The van der Waals surface area contributed by atoms with Crippen molar-refractivity contribution < 1.29 is 4.79 Å². The summed E-state index contributed by atoms with van der Waals surface area (Å²) in [5, 5.41) is 6.93. The van der Waals surface area contributed by atoms with Crippen LogP contribution in [0, 0.1) is 0 Å². The van der Waals surface area contributed by atoms with E-state index in [1.54, 1.807) is 11.8 Å². The van der Waals surface area contributed by atoms with Gasteiger partial charge in [-0.1, -0.05) is 25.1 Å². The van der Waals surface area contributed by atoms with Crippen LogP contribution in [0.1, 0.15) is 39.0 Å². The molecule has 114 valence electrons. The van der Waals surface area contributed by atoms with Crippen molar-refractivity contribution in [3.63, 3.8) is 0 Å². The molecule has 2 bridgehead atoms. The maximum atomic E-state index is 12.5. The second kappa shape index (κ2) is 6.84. The van der Waals surface area contributed by atoms with Gasteiger partial charge in [-0.25, -0.2) is 0 Å². The number of carbonyl (C=O) groups is 1. The van der Waals surface area contributed by atoms with Crippen LogP contribution in [0.4, 0.5) is 0 Å². The van der Waals surface area contributed by atoms with Gasteiger partial charge in [-0.05, 0) is 44.2 Å². The van der Waals surface area contributed by atoms with Gasteiger partial charge in [-0.15, -0.1) is 11.8 Å². The number of rotatable bonds is 5. The lowest BCUT2D eigenvalue weighted by atomic mass is 9.99. The highest BCUT2D eigenvalue weighted by Crippen LogP contribution is 2.28. The summed E-state index contributed by atoms with van der Waals surface area (Å²) in [4.78, 5) is 13.7. The smallest absolute Gasteiger partial charge is 0.233 e. The van der Waals surface area contributed by atoms with E-state index in [4.69, 9.17) is 0 Å². The third-order valence-corrected chi connectivity index (χ3v) is 5.88. The number of piperidine rings is 1. The van der Waals surface area contributed by atoms with Gasteiger partial charge in [0.1, 0.15) is 0 Å². The second-order valence-electron chi connectivity index (χ2n) is 6.14. The number of thioether (sulfide) groups is 1. The third kappa shape index (κ3) is 3.80. The first-order valence-corrected chi connectivity index (χ1v) is 8.90. The van der Waals surface area contributed by atoms with Crippen LogP contribution < -0.4 is 10.6 Å². The fourth-order valence-corrected chi connectivity index (χ4v) is 4.44. The average molecular weight is 304 g/mol. The zero-order valence-electron chi connectivity index (χ0n) is 12.5. The lowest BCUT2D eigenvalue weighted by Crippen LogP contribution is -2.49. The fraction of sp³-hybridized carbons (Fsp3) is 0.588. The van der Waals surface area contributed by atoms with E-state index < -0.39 is 0 Å². The minimum atomic E-state index is 0.0138. The van der Waals surface area contributed by atoms with Crippen molar-refractivity contribution in [3.05, 3.63) is 30.3 Å². The van der Waals surface area contributed by atoms with Crippen molar-refractivity contribution in [1.29, 1.82) is 0 Å². The minimum absolute atomic E-state index is 0.0138. The van der Waals surface area contributed by atoms with Gasteiger partial charge in [-0.3, -0.25) is 4.79 Å². The highest BCUT2D eigenvalue weighted by Gasteiger charge is 2.34. The maximum absolute atomic E-state index is 12.5. The lowest BCUT2D eigenvalue weighted by Gasteiger charge is -2.30. The van der Waals surface area contributed by atoms with Crippen molar-refractivity contribution in [2.75, 3.05) is 0 Å². The Balaban J connectivity index is 1.55. The van der Waals surface area contributed by atoms with Crippen LogP contribution >= 0.6 is 11.8 Å². The summed E-state index contributed by atoms with van der Waals surface area (Å²) < 4.78 is 0. The van der Waals surface area contributed by atoms with E-state index in [0.29, 0.717) is 18.1 Å². The first-order valence-electron chi connectivity index (χ1n) is 8.02. The predicted molar refractivity (Wildman–Crippen MR) is 87.5 cm³/mol. The average Bonchev–Trinajstić information content (AvgIpc) is 2.84. The molecular weight excluding hydrogens is 280 g/mol. The molecule has 2 N–H and O–H groups in total. The molecule has 2 aliphatic heterocycles. The molecule has 3 rings (SSSR count). The Morgan fingerprint density at radius 2 is 1.95 bits per heavy atom. The molecule has 2 fully saturated rings. The molecule has 2 aliphatic rings. The standard InChI is InChI=1S/C17H24N2OS/c1-2-16(21-15-6-4-3-5-7-15)17(20)19-14-10-12-8-9-13(11-14)18-12/h3-7,12-14,16,18H,2,8-11H2,1H3,(H,19,20). The fourth-order valence-electron chi connectivity index (χ4n) is 3.45. The SMILES string of the molecule is CCC(Sc1ccccc1)C(=O)NC1CC2CCC(C1)N2. The number of hydrogen-bond donors (Lipinski definition) is 2. The largest absolute Gasteiger partial charge is 0.352 e. The van der Waals surface area contributed by atoms with Crippen molar-refractivity contribution in [2.24, 2.45) is 0 Å². The molecule has 1 aromatic carbocycles. The Morgan fingerprint density at radius 3 is 2.57 bits per heavy atom. The van der Waals surface area contributed by atoms with Crippen LogP contribution in [0.3, 0.4) is 0 Å². The van der Waals surface area contributed by atoms with E-state index in [1.807, 2.05) is 18.2 Å². The molecule has 21 heavy (non-hydrogen) atoms. The summed E-state index contributed by atoms with van der Waals surface area (Å²) in [6, 6.07) is 11.8. The normalized spacial score (nSPS) is 29.1. The lowest BCUT2D eigenvalue weighted by molar-refractivity contribution is -0.121. The first kappa shape index (κ1) is 14.9. The molecule has 0 aromatic heterocycles. The molecule has 0 aliphatic carbocycles. The maximum Gasteiger partial charge on any atom is 0.233 e. The third-order valence-electron chi connectivity index (χ3n) is 4.50. The van der Waals surface area contributed by atoms with Crippen molar-refractivity contribution in [1.82, 2.24) is 10.6 Å². The van der Waals surface area contributed by atoms with Gasteiger partial charge in [0, 0.05) is 23.0 Å². The summed E-state index contributed by atoms with van der Waals surface area (Å²) in [6.45, 7) is 2.09. The first-order chi connectivity index (χ1) is 10.2. The Morgan fingerprint density at radius 1 is 1.29 bits per heavy atom. The van der Waals surface area contributed by atoms with Crippen molar-refractivity contribution >= 4 is 17.7 Å². The zero-order chi connectivity index (χ0) is 14.7. The van der Waals surface area contributed by atoms with E-state index in [0.717, 1.165) is 19.3 Å². The van der Waals surface area contributed by atoms with Crippen molar-refractivity contribution in [2.45, 2.75) is 67.3 Å². The van der Waals surface area contributed by atoms with Crippen LogP contribution in [0.25, 0.3) is 0 Å². The molecule has 0 radical (unpaired) electrons. The van der Waals surface area contributed by atoms with Crippen LogP contribution in [0.5, 0.6) is 0 Å². The molecule has 2 heterocycles. The monoisotopic (exact) mass is 304 g/mol. The topological polar surface area (TPSA) is 41.1 Å². The summed E-state index contributed by atoms with van der Waals surface area (Å²) >= 11 is 1.67. The van der Waals surface area contributed by atoms with E-state index >= 15 is 0 Å². The van der Waals surface area contributed by atoms with Gasteiger partial charge < -0.3 is 10.6 Å². The van der Waals surface area contributed by atoms with Crippen LogP contribution in [0.2, 0.25) is 0 Å². The number of hydrogen-bond acceptors (Lipinski definition) is 3. The molecule has 3 nitrogen and oxygen atoms in total. The minimum Gasteiger partial charge on any atom is -0.352 e. The van der Waals surface area contributed by atoms with Crippen LogP contribution in [-0.4, -0.2) is 29.3 Å². The number of benzene rings is 1. The van der Waals surface area contributed by atoms with Gasteiger partial charge in [0.15, 0.2) is 0 Å². The van der Waals surface area contributed by atoms with E-state index in [9.17, 15) is 4.79 Å². The Labute approximate surface area is 131 Å². The summed E-state index contributed by atoms with van der Waals surface area (Å²) in [7, 11) is 0. The molecule has 1 amide bonds. The summed E-state index contributed by atoms with van der Waals surface area (Å²) in [5.74, 6) is 0.206. The van der Waals surface area contributed by atoms with Crippen LogP contribution in [0.15, 0.2) is 35.2 Å². The van der Waals surface area contributed by atoms with Gasteiger partial charge >= 0.3 is 0 Å². The number of carbonyl (C=O) groups excluding carboxylic acids is 1. The van der Waals surface area contributed by atoms with Gasteiger partial charge in [0.2, 0.25) is 5.91 Å². The summed E-state index contributed by atoms with van der Waals surface area (Å²) in [5.41, 5.74) is 0. The molecule has 2 saturated heterocycles. The van der Waals surface area contributed by atoms with Gasteiger partial charge in [-0.2, -0.15) is 0 Å². The van der Waals surface area contributed by atoms with Gasteiger partial charge in [0.25, 0.3) is 0 Å². The molecular formula is C17H24N2OS. The van der Waals surface area contributed by atoms with Gasteiger partial charge in [0.05, 0.1) is 5.25 Å². The summed E-state index contributed by atoms with van der Waals surface area (Å²) in [6.07, 6.45) is 5.59. The molecule has 0 saturated carbocycles. The zero-order valence-corrected chi connectivity index (χ0v) is 13.4. The number of nitrogens with one attached hydrogen (secondary N) is 2. The van der Waals surface area contributed by atoms with E-state index in [-0.39, 0.29) is 11.2 Å². The Kier molecular flexibility index (Phi) is 4.86. The van der Waals surface area contributed by atoms with E-state index in [2.05, 4.69) is 29.7 Å². The van der Waals surface area contributed by atoms with E-state index in [1.165, 1.54) is 17.7 Å². The highest BCUT2D eigenvalue weighted by atomic mass is 32.2. The molecule has 4 heteroatoms. The highest BCUT2D eigenvalue weighted by molar-refractivity contribution is 8.00.